The lowest BCUT2D eigenvalue weighted by atomic mass is 10.1. The molecule has 2 aromatic carbocycles. The number of pyridine rings is 1. The van der Waals surface area contributed by atoms with E-state index in [1.807, 2.05) is 55.4 Å². The van der Waals surface area contributed by atoms with E-state index < -0.39 is 0 Å². The highest BCUT2D eigenvalue weighted by Gasteiger charge is 2.19. The van der Waals surface area contributed by atoms with E-state index >= 15 is 0 Å². The first-order valence-electron chi connectivity index (χ1n) is 9.18. The van der Waals surface area contributed by atoms with Crippen LogP contribution < -0.4 is 20.8 Å². The Kier molecular flexibility index (Phi) is 4.50. The van der Waals surface area contributed by atoms with Gasteiger partial charge in [0.15, 0.2) is 0 Å². The molecule has 0 fully saturated rings. The van der Waals surface area contributed by atoms with Crippen molar-refractivity contribution in [1.82, 2.24) is 14.3 Å². The van der Waals surface area contributed by atoms with Crippen molar-refractivity contribution in [3.8, 4) is 22.7 Å². The molecule has 0 aliphatic heterocycles. The van der Waals surface area contributed by atoms with Crippen molar-refractivity contribution in [3.63, 3.8) is 0 Å². The fraction of sp³-hybridized carbons (Fsp3) is 0.182. The number of hydrogen-bond acceptors (Lipinski definition) is 4. The van der Waals surface area contributed by atoms with Gasteiger partial charge in [0.05, 0.1) is 23.7 Å². The van der Waals surface area contributed by atoms with Crippen LogP contribution in [0.3, 0.4) is 0 Å². The summed E-state index contributed by atoms with van der Waals surface area (Å²) in [7, 11) is 7.13. The first-order valence-corrected chi connectivity index (χ1v) is 9.18. The number of rotatable bonds is 4. The Morgan fingerprint density at radius 3 is 2.48 bits per heavy atom. The molecular weight excluding hydrogens is 368 g/mol. The summed E-state index contributed by atoms with van der Waals surface area (Å²) in [4.78, 5) is 28.0. The van der Waals surface area contributed by atoms with Crippen molar-refractivity contribution >= 4 is 16.6 Å². The third-order valence-corrected chi connectivity index (χ3v) is 5.05. The topological polar surface area (TPSA) is 72.3 Å². The Hall–Kier alpha value is -3.74. The van der Waals surface area contributed by atoms with Crippen molar-refractivity contribution < 1.29 is 4.74 Å². The number of ether oxygens (including phenoxy) is 1. The predicted octanol–water partition coefficient (Wildman–Crippen LogP) is 2.76. The summed E-state index contributed by atoms with van der Waals surface area (Å²) in [6.07, 6.45) is 0. The van der Waals surface area contributed by atoms with E-state index in [2.05, 4.69) is 5.10 Å². The van der Waals surface area contributed by atoms with E-state index in [-0.39, 0.29) is 11.1 Å². The van der Waals surface area contributed by atoms with Gasteiger partial charge in [0.2, 0.25) is 0 Å². The van der Waals surface area contributed by atoms with Gasteiger partial charge in [-0.2, -0.15) is 0 Å². The number of H-pyrrole nitrogens is 1. The fourth-order valence-electron chi connectivity index (χ4n) is 3.54. The van der Waals surface area contributed by atoms with E-state index in [0.717, 1.165) is 11.3 Å². The highest BCUT2D eigenvalue weighted by molar-refractivity contribution is 5.93. The van der Waals surface area contributed by atoms with Gasteiger partial charge in [0.1, 0.15) is 11.4 Å². The molecule has 2 heterocycles. The standard InChI is InChI=1S/C22H22N4O3/c1-24(2)15-9-7-8-14(12-15)21-20-16(13-19(27)25(21)3)23-26(22(20)28)17-10-5-6-11-18(17)29-4/h5-13,23H,1-4H3. The molecule has 0 atom stereocenters. The van der Waals surface area contributed by atoms with E-state index in [0.29, 0.717) is 28.0 Å². The van der Waals surface area contributed by atoms with E-state index in [1.165, 1.54) is 15.3 Å². The van der Waals surface area contributed by atoms with Crippen LogP contribution in [0.4, 0.5) is 5.69 Å². The number of aromatic amines is 1. The summed E-state index contributed by atoms with van der Waals surface area (Å²) in [6.45, 7) is 0. The second kappa shape index (κ2) is 7.01. The maximum absolute atomic E-state index is 13.4. The lowest BCUT2D eigenvalue weighted by Gasteiger charge is -2.15. The largest absolute Gasteiger partial charge is 0.494 e. The summed E-state index contributed by atoms with van der Waals surface area (Å²) >= 11 is 0. The summed E-state index contributed by atoms with van der Waals surface area (Å²) < 4.78 is 8.33. The van der Waals surface area contributed by atoms with E-state index in [4.69, 9.17) is 4.74 Å². The third kappa shape index (κ3) is 3.00. The number of benzene rings is 2. The van der Waals surface area contributed by atoms with Crippen LogP contribution in [-0.4, -0.2) is 35.6 Å². The molecule has 0 saturated heterocycles. The van der Waals surface area contributed by atoms with E-state index in [1.54, 1.807) is 26.3 Å². The molecule has 0 bridgehead atoms. The van der Waals surface area contributed by atoms with Gasteiger partial charge in [-0.1, -0.05) is 24.3 Å². The third-order valence-electron chi connectivity index (χ3n) is 5.05. The minimum absolute atomic E-state index is 0.198. The van der Waals surface area contributed by atoms with Gasteiger partial charge in [-0.05, 0) is 24.3 Å². The summed E-state index contributed by atoms with van der Waals surface area (Å²) in [6, 6.07) is 16.5. The molecule has 148 valence electrons. The molecule has 0 unspecified atom stereocenters. The van der Waals surface area contributed by atoms with Crippen LogP contribution in [0.2, 0.25) is 0 Å². The zero-order valence-corrected chi connectivity index (χ0v) is 16.8. The quantitative estimate of drug-likeness (QED) is 0.582. The normalized spacial score (nSPS) is 11.0. The predicted molar refractivity (Wildman–Crippen MR) is 115 cm³/mol. The first-order chi connectivity index (χ1) is 13.9. The van der Waals surface area contributed by atoms with Crippen LogP contribution >= 0.6 is 0 Å². The number of nitrogens with one attached hydrogen (secondary N) is 1. The van der Waals surface area contributed by atoms with Gasteiger partial charge in [0.25, 0.3) is 11.1 Å². The van der Waals surface area contributed by atoms with Crippen molar-refractivity contribution in [2.45, 2.75) is 0 Å². The molecule has 29 heavy (non-hydrogen) atoms. The Bertz CT molecular complexity index is 1330. The molecule has 0 aliphatic carbocycles. The average Bonchev–Trinajstić information content (AvgIpc) is 3.04. The number of para-hydroxylation sites is 2. The first kappa shape index (κ1) is 18.6. The lowest BCUT2D eigenvalue weighted by molar-refractivity contribution is 0.411. The molecule has 0 aliphatic rings. The SMILES string of the molecule is COc1ccccc1-n1[nH]c2cc(=O)n(C)c(-c3cccc(N(C)C)c3)c2c1=O. The molecule has 7 nitrogen and oxygen atoms in total. The maximum atomic E-state index is 13.4. The molecule has 0 spiro atoms. The van der Waals surface area contributed by atoms with Crippen LogP contribution in [-0.2, 0) is 7.05 Å². The van der Waals surface area contributed by atoms with Crippen molar-refractivity contribution in [3.05, 3.63) is 75.3 Å². The molecule has 1 N–H and O–H groups in total. The maximum Gasteiger partial charge on any atom is 0.281 e. The lowest BCUT2D eigenvalue weighted by Crippen LogP contribution is -2.20. The van der Waals surface area contributed by atoms with Crippen molar-refractivity contribution in [2.75, 3.05) is 26.1 Å². The minimum atomic E-state index is -0.245. The smallest absolute Gasteiger partial charge is 0.281 e. The molecule has 0 radical (unpaired) electrons. The highest BCUT2D eigenvalue weighted by atomic mass is 16.5. The van der Waals surface area contributed by atoms with Crippen molar-refractivity contribution in [1.29, 1.82) is 0 Å². The van der Waals surface area contributed by atoms with Crippen LogP contribution in [0.1, 0.15) is 0 Å². The zero-order valence-electron chi connectivity index (χ0n) is 16.8. The van der Waals surface area contributed by atoms with Crippen LogP contribution in [0.5, 0.6) is 5.75 Å². The summed E-state index contributed by atoms with van der Waals surface area (Å²) in [5.41, 5.74) is 2.97. The van der Waals surface area contributed by atoms with Crippen LogP contribution in [0, 0.1) is 0 Å². The molecular formula is C22H22N4O3. The number of fused-ring (bicyclic) bond motifs is 1. The average molecular weight is 390 g/mol. The Labute approximate surface area is 167 Å². The molecule has 0 amide bonds. The van der Waals surface area contributed by atoms with Gasteiger partial charge in [-0.15, -0.1) is 0 Å². The Morgan fingerprint density at radius 2 is 1.76 bits per heavy atom. The molecule has 4 aromatic rings. The molecule has 0 saturated carbocycles. The van der Waals surface area contributed by atoms with Gasteiger partial charge in [-0.3, -0.25) is 14.7 Å². The van der Waals surface area contributed by atoms with Gasteiger partial charge in [-0.25, -0.2) is 4.68 Å². The molecule has 2 aromatic heterocycles. The number of nitrogens with zero attached hydrogens (tertiary/aromatic N) is 3. The number of anilines is 1. The monoisotopic (exact) mass is 390 g/mol. The fourth-order valence-corrected chi connectivity index (χ4v) is 3.54. The van der Waals surface area contributed by atoms with E-state index in [9.17, 15) is 9.59 Å². The summed E-state index contributed by atoms with van der Waals surface area (Å²) in [5.74, 6) is 0.559. The Morgan fingerprint density at radius 1 is 1.00 bits per heavy atom. The Balaban J connectivity index is 2.08. The number of aromatic nitrogens is 3. The van der Waals surface area contributed by atoms with Crippen LogP contribution in [0.25, 0.3) is 27.8 Å². The highest BCUT2D eigenvalue weighted by Crippen LogP contribution is 2.28. The second-order valence-electron chi connectivity index (χ2n) is 7.05. The minimum Gasteiger partial charge on any atom is -0.494 e. The molecule has 7 heteroatoms. The zero-order chi connectivity index (χ0) is 20.7. The van der Waals surface area contributed by atoms with Gasteiger partial charge >= 0.3 is 0 Å². The second-order valence-corrected chi connectivity index (χ2v) is 7.05. The van der Waals surface area contributed by atoms with Gasteiger partial charge in [0, 0.05) is 38.5 Å². The van der Waals surface area contributed by atoms with Gasteiger partial charge < -0.3 is 14.2 Å². The number of hydrogen-bond donors (Lipinski definition) is 1. The number of methoxy groups -OCH3 is 1. The summed E-state index contributed by atoms with van der Waals surface area (Å²) in [5, 5.41) is 3.52. The molecule has 4 rings (SSSR count). The van der Waals surface area contributed by atoms with Crippen LogP contribution in [0.15, 0.2) is 64.2 Å². The van der Waals surface area contributed by atoms with Crippen molar-refractivity contribution in [2.24, 2.45) is 7.05 Å².